The van der Waals surface area contributed by atoms with Gasteiger partial charge in [0.2, 0.25) is 0 Å². The fraction of sp³-hybridized carbons (Fsp3) is 0.0588. The van der Waals surface area contributed by atoms with Gasteiger partial charge in [0, 0.05) is 16.8 Å². The second kappa shape index (κ2) is 6.82. The van der Waals surface area contributed by atoms with Crippen LogP contribution in [0.3, 0.4) is 0 Å². The monoisotopic (exact) mass is 401 g/mol. The molecule has 136 valence electrons. The van der Waals surface area contributed by atoms with E-state index >= 15 is 0 Å². The van der Waals surface area contributed by atoms with E-state index in [1.807, 2.05) is 12.1 Å². The van der Waals surface area contributed by atoms with E-state index in [0.29, 0.717) is 27.0 Å². The number of carbonyl (C=O) groups is 1. The molecule has 27 heavy (non-hydrogen) atoms. The van der Waals surface area contributed by atoms with E-state index in [4.69, 9.17) is 9.15 Å². The molecule has 0 aliphatic carbocycles. The molecule has 0 bridgehead atoms. The molecule has 4 rings (SSSR count). The normalized spacial score (nSPS) is 10.9. The lowest BCUT2D eigenvalue weighted by Crippen LogP contribution is -2.10. The third kappa shape index (κ3) is 3.27. The number of methoxy groups -OCH3 is 1. The van der Waals surface area contributed by atoms with Crippen molar-refractivity contribution >= 4 is 50.4 Å². The molecule has 0 saturated carbocycles. The average Bonchev–Trinajstić information content (AvgIpc) is 3.39. The molecule has 1 aromatic carbocycles. The number of furan rings is 1. The molecule has 10 heteroatoms. The summed E-state index contributed by atoms with van der Waals surface area (Å²) in [6.07, 6.45) is 0. The molecule has 0 aliphatic heterocycles. The molecule has 3 aromatic heterocycles. The minimum absolute atomic E-state index is 0.0183. The van der Waals surface area contributed by atoms with Crippen LogP contribution in [0.15, 0.2) is 45.5 Å². The Morgan fingerprint density at radius 1 is 1.30 bits per heavy atom. The Bertz CT molecular complexity index is 1160. The molecule has 1 amide bonds. The summed E-state index contributed by atoms with van der Waals surface area (Å²) in [5, 5.41) is 17.8. The SMILES string of the molecule is COc1cccc2cc(C(=O)Nc3nc(-c4cc([N+](=O)[O-])cs4)cs3)oc12. The Morgan fingerprint density at radius 2 is 2.15 bits per heavy atom. The number of para-hydroxylation sites is 1. The van der Waals surface area contributed by atoms with Gasteiger partial charge in [-0.25, -0.2) is 4.98 Å². The Morgan fingerprint density at radius 3 is 2.89 bits per heavy atom. The molecule has 0 aliphatic rings. The van der Waals surface area contributed by atoms with Crippen molar-refractivity contribution < 1.29 is 18.9 Å². The number of fused-ring (bicyclic) bond motifs is 1. The number of amides is 1. The van der Waals surface area contributed by atoms with Crippen molar-refractivity contribution in [3.05, 3.63) is 57.0 Å². The van der Waals surface area contributed by atoms with E-state index in [2.05, 4.69) is 10.3 Å². The van der Waals surface area contributed by atoms with Crippen LogP contribution in [0.1, 0.15) is 10.6 Å². The number of aromatic nitrogens is 1. The third-order valence-corrected chi connectivity index (χ3v) is 5.42. The van der Waals surface area contributed by atoms with Crippen molar-refractivity contribution in [2.45, 2.75) is 0 Å². The molecule has 8 nitrogen and oxygen atoms in total. The van der Waals surface area contributed by atoms with Gasteiger partial charge in [-0.3, -0.25) is 20.2 Å². The van der Waals surface area contributed by atoms with Gasteiger partial charge >= 0.3 is 0 Å². The number of rotatable bonds is 5. The minimum Gasteiger partial charge on any atom is -0.493 e. The number of benzene rings is 1. The van der Waals surface area contributed by atoms with Gasteiger partial charge in [-0.15, -0.1) is 22.7 Å². The number of nitrogens with zero attached hydrogens (tertiary/aromatic N) is 2. The fourth-order valence-electron chi connectivity index (χ4n) is 2.47. The highest BCUT2D eigenvalue weighted by atomic mass is 32.1. The van der Waals surface area contributed by atoms with Crippen LogP contribution in [0.4, 0.5) is 10.8 Å². The van der Waals surface area contributed by atoms with Crippen molar-refractivity contribution in [3.63, 3.8) is 0 Å². The summed E-state index contributed by atoms with van der Waals surface area (Å²) in [5.74, 6) is 0.242. The zero-order valence-electron chi connectivity index (χ0n) is 13.8. The molecular weight excluding hydrogens is 390 g/mol. The molecule has 1 N–H and O–H groups in total. The number of carbonyl (C=O) groups excluding carboxylic acids is 1. The summed E-state index contributed by atoms with van der Waals surface area (Å²) in [6, 6.07) is 8.47. The lowest BCUT2D eigenvalue weighted by Gasteiger charge is -1.99. The maximum absolute atomic E-state index is 12.5. The molecule has 0 radical (unpaired) electrons. The zero-order chi connectivity index (χ0) is 19.0. The number of hydrogen-bond donors (Lipinski definition) is 1. The second-order valence-electron chi connectivity index (χ2n) is 5.41. The number of nitrogens with one attached hydrogen (secondary N) is 1. The highest BCUT2D eigenvalue weighted by Gasteiger charge is 2.18. The molecule has 0 spiro atoms. The van der Waals surface area contributed by atoms with Crippen molar-refractivity contribution in [1.82, 2.24) is 4.98 Å². The summed E-state index contributed by atoms with van der Waals surface area (Å²) in [4.78, 5) is 27.8. The topological polar surface area (TPSA) is 108 Å². The highest BCUT2D eigenvalue weighted by Crippen LogP contribution is 2.33. The fourth-order valence-corrected chi connectivity index (χ4v) is 4.06. The first-order valence-corrected chi connectivity index (χ1v) is 9.38. The first-order valence-electron chi connectivity index (χ1n) is 7.62. The number of thiophene rings is 1. The van der Waals surface area contributed by atoms with Crippen LogP contribution in [0.2, 0.25) is 0 Å². The van der Waals surface area contributed by atoms with Crippen LogP contribution < -0.4 is 10.1 Å². The zero-order valence-corrected chi connectivity index (χ0v) is 15.4. The Hall–Kier alpha value is -3.24. The van der Waals surface area contributed by atoms with Gasteiger partial charge in [0.15, 0.2) is 22.2 Å². The maximum Gasteiger partial charge on any atom is 0.293 e. The number of anilines is 1. The van der Waals surface area contributed by atoms with Crippen molar-refractivity contribution in [2.75, 3.05) is 12.4 Å². The summed E-state index contributed by atoms with van der Waals surface area (Å²) in [6.45, 7) is 0. The highest BCUT2D eigenvalue weighted by molar-refractivity contribution is 7.16. The van der Waals surface area contributed by atoms with Crippen molar-refractivity contribution in [3.8, 4) is 16.3 Å². The maximum atomic E-state index is 12.5. The van der Waals surface area contributed by atoms with Gasteiger partial charge in [0.05, 0.1) is 28.0 Å². The second-order valence-corrected chi connectivity index (χ2v) is 7.18. The summed E-state index contributed by atoms with van der Waals surface area (Å²) >= 11 is 2.45. The van der Waals surface area contributed by atoms with E-state index in [1.54, 1.807) is 17.5 Å². The summed E-state index contributed by atoms with van der Waals surface area (Å²) in [5.41, 5.74) is 1.08. The summed E-state index contributed by atoms with van der Waals surface area (Å²) < 4.78 is 10.8. The molecule has 0 atom stereocenters. The molecule has 0 fully saturated rings. The van der Waals surface area contributed by atoms with Gasteiger partial charge in [-0.05, 0) is 12.1 Å². The van der Waals surface area contributed by atoms with Gasteiger partial charge in [0.1, 0.15) is 0 Å². The van der Waals surface area contributed by atoms with Crippen LogP contribution >= 0.6 is 22.7 Å². The quantitative estimate of drug-likeness (QED) is 0.381. The van der Waals surface area contributed by atoms with Crippen LogP contribution in [-0.2, 0) is 0 Å². The lowest BCUT2D eigenvalue weighted by molar-refractivity contribution is -0.384. The predicted octanol–water partition coefficient (Wildman–Crippen LogP) is 4.79. The number of hydrogen-bond acceptors (Lipinski definition) is 8. The Balaban J connectivity index is 1.55. The number of ether oxygens (including phenoxy) is 1. The van der Waals surface area contributed by atoms with Crippen LogP contribution in [-0.4, -0.2) is 22.9 Å². The van der Waals surface area contributed by atoms with E-state index < -0.39 is 10.8 Å². The number of nitro groups is 1. The van der Waals surface area contributed by atoms with Crippen LogP contribution in [0, 0.1) is 10.1 Å². The lowest BCUT2D eigenvalue weighted by atomic mass is 10.2. The Labute approximate surface area is 160 Å². The van der Waals surface area contributed by atoms with E-state index in [-0.39, 0.29) is 11.4 Å². The first-order chi connectivity index (χ1) is 13.0. The van der Waals surface area contributed by atoms with Crippen molar-refractivity contribution in [2.24, 2.45) is 0 Å². The minimum atomic E-state index is -0.453. The van der Waals surface area contributed by atoms with Crippen LogP contribution in [0.5, 0.6) is 5.75 Å². The van der Waals surface area contributed by atoms with Gasteiger partial charge < -0.3 is 9.15 Å². The average molecular weight is 401 g/mol. The predicted molar refractivity (Wildman–Crippen MR) is 103 cm³/mol. The van der Waals surface area contributed by atoms with E-state index in [1.165, 1.54) is 41.2 Å². The number of thiazole rings is 1. The molecule has 4 aromatic rings. The van der Waals surface area contributed by atoms with Crippen molar-refractivity contribution in [1.29, 1.82) is 0 Å². The van der Waals surface area contributed by atoms with Gasteiger partial charge in [0.25, 0.3) is 11.6 Å². The standard InChI is InChI=1S/C17H11N3O5S2/c1-24-12-4-2-3-9-5-13(25-15(9)12)16(21)19-17-18-11(8-27-17)14-6-10(7-26-14)20(22)23/h2-8H,1H3,(H,18,19,21). The third-order valence-electron chi connectivity index (χ3n) is 3.73. The molecule has 3 heterocycles. The molecular formula is C17H11N3O5S2. The first kappa shape index (κ1) is 17.2. The summed E-state index contributed by atoms with van der Waals surface area (Å²) in [7, 11) is 1.53. The smallest absolute Gasteiger partial charge is 0.293 e. The van der Waals surface area contributed by atoms with Crippen LogP contribution in [0.25, 0.3) is 21.5 Å². The van der Waals surface area contributed by atoms with Gasteiger partial charge in [-0.1, -0.05) is 12.1 Å². The molecule has 0 unspecified atom stereocenters. The largest absolute Gasteiger partial charge is 0.493 e. The van der Waals surface area contributed by atoms with Gasteiger partial charge in [-0.2, -0.15) is 0 Å². The molecule has 0 saturated heterocycles. The Kier molecular flexibility index (Phi) is 4.34. The van der Waals surface area contributed by atoms with E-state index in [9.17, 15) is 14.9 Å². The van der Waals surface area contributed by atoms with E-state index in [0.717, 1.165) is 5.39 Å².